The number of thioether (sulfide) groups is 1. The predicted octanol–water partition coefficient (Wildman–Crippen LogP) is 5.61. The molecule has 6 aromatic carbocycles. The van der Waals surface area contributed by atoms with E-state index in [4.69, 9.17) is 16.2 Å². The van der Waals surface area contributed by atoms with E-state index in [0.29, 0.717) is 63.5 Å². The van der Waals surface area contributed by atoms with Gasteiger partial charge in [0.2, 0.25) is 65.0 Å². The van der Waals surface area contributed by atoms with Crippen molar-refractivity contribution in [2.75, 3.05) is 73.0 Å². The quantitative estimate of drug-likeness (QED) is 0.0221. The van der Waals surface area contributed by atoms with Gasteiger partial charge in [-0.25, -0.2) is 0 Å². The molecule has 1 aromatic heterocycles. The summed E-state index contributed by atoms with van der Waals surface area (Å²) in [6, 6.07) is 33.7. The average Bonchev–Trinajstić information content (AvgIpc) is 1.15. The van der Waals surface area contributed by atoms with Gasteiger partial charge in [-0.1, -0.05) is 167 Å². The number of unbranched alkanes of at least 4 members (excludes halogenated alkanes) is 2. The number of carbonyl (C=O) groups is 16. The van der Waals surface area contributed by atoms with E-state index in [0.717, 1.165) is 21.6 Å². The highest BCUT2D eigenvalue weighted by Crippen LogP contribution is 2.29. The van der Waals surface area contributed by atoms with Crippen LogP contribution < -0.4 is 38.1 Å². The van der Waals surface area contributed by atoms with Crippen molar-refractivity contribution in [3.05, 3.63) is 203 Å². The van der Waals surface area contributed by atoms with Crippen molar-refractivity contribution in [3.63, 3.8) is 0 Å². The van der Waals surface area contributed by atoms with E-state index < -0.39 is 218 Å². The third kappa shape index (κ3) is 31.2. The number of fused-ring (bicyclic) bond motifs is 1. The van der Waals surface area contributed by atoms with Crippen molar-refractivity contribution in [1.82, 2.24) is 56.1 Å². The third-order valence-corrected chi connectivity index (χ3v) is 24.5. The van der Waals surface area contributed by atoms with E-state index in [-0.39, 0.29) is 88.1 Å². The van der Waals surface area contributed by atoms with Crippen molar-refractivity contribution in [2.45, 2.75) is 178 Å². The van der Waals surface area contributed by atoms with Crippen molar-refractivity contribution < 1.29 is 91.7 Å². The van der Waals surface area contributed by atoms with Crippen molar-refractivity contribution >= 4 is 117 Å². The Morgan fingerprint density at radius 3 is 1.61 bits per heavy atom. The molecule has 1 saturated heterocycles. The van der Waals surface area contributed by atoms with Crippen LogP contribution in [-0.4, -0.2) is 256 Å². The Morgan fingerprint density at radius 1 is 0.492 bits per heavy atom. The molecule has 32 nitrogen and oxygen atoms in total. The average molecular weight is 1810 g/mol. The van der Waals surface area contributed by atoms with Gasteiger partial charge in [-0.15, -0.1) is 11.8 Å². The maximum Gasteiger partial charge on any atom is 0.293 e. The molecule has 12 N–H and O–H groups in total. The normalized spacial score (nSPS) is 22.0. The molecule has 0 unspecified atom stereocenters. The minimum atomic E-state index is -1.52. The van der Waals surface area contributed by atoms with Crippen LogP contribution in [0.1, 0.15) is 125 Å². The van der Waals surface area contributed by atoms with Crippen LogP contribution in [0.25, 0.3) is 10.9 Å². The van der Waals surface area contributed by atoms with E-state index in [1.807, 2.05) is 6.92 Å². The Hall–Kier alpha value is -12.9. The second-order valence-electron chi connectivity index (χ2n) is 33.7. The monoisotopic (exact) mass is 1810 g/mol. The molecule has 2 heterocycles. The van der Waals surface area contributed by atoms with Crippen LogP contribution in [0.3, 0.4) is 0 Å². The molecule has 130 heavy (non-hydrogen) atoms. The number of primary amides is 1. The zero-order valence-electron chi connectivity index (χ0n) is 75.1. The van der Waals surface area contributed by atoms with E-state index in [1.54, 1.807) is 135 Å². The van der Waals surface area contributed by atoms with Gasteiger partial charge in [0.1, 0.15) is 60.1 Å². The predicted molar refractivity (Wildman–Crippen MR) is 490 cm³/mol. The second-order valence-corrected chi connectivity index (χ2v) is 34.7. The number of hydrogen-bond donors (Lipinski definition) is 10. The number of likely N-dealkylation sites (N-methyl/N-ethyl adjacent to an activating group) is 5. The first-order valence-electron chi connectivity index (χ1n) is 43.9. The lowest BCUT2D eigenvalue weighted by Crippen LogP contribution is -2.58. The lowest BCUT2D eigenvalue weighted by molar-refractivity contribution is -0.151. The molecule has 11 amide bonds. The Kier molecular flexibility index (Phi) is 40.5. The van der Waals surface area contributed by atoms with E-state index in [2.05, 4.69) is 31.6 Å². The van der Waals surface area contributed by atoms with Gasteiger partial charge in [0.05, 0.1) is 36.8 Å². The van der Waals surface area contributed by atoms with E-state index in [9.17, 15) is 43.8 Å². The zero-order valence-corrected chi connectivity index (χ0v) is 75.9. The summed E-state index contributed by atoms with van der Waals surface area (Å²) < 4.78 is 5.16. The Labute approximate surface area is 762 Å². The smallest absolute Gasteiger partial charge is 0.293 e. The summed E-state index contributed by atoms with van der Waals surface area (Å²) >= 11 is 0.883. The van der Waals surface area contributed by atoms with Gasteiger partial charge < -0.3 is 82.5 Å². The molecule has 0 bridgehead atoms. The third-order valence-electron chi connectivity index (χ3n) is 23.5. The van der Waals surface area contributed by atoms with Crippen LogP contribution in [0.5, 0.6) is 11.5 Å². The van der Waals surface area contributed by atoms with Crippen LogP contribution in [0.15, 0.2) is 170 Å². The Bertz CT molecular complexity index is 5020. The number of ether oxygens (including phenoxy) is 1. The molecule has 0 saturated carbocycles. The van der Waals surface area contributed by atoms with Gasteiger partial charge >= 0.3 is 0 Å². The molecule has 33 heteroatoms. The number of rotatable bonds is 27. The SMILES string of the molecule is CCCC[C@H]1C(=O)N(C)CC(=O)C[C@@H](COC=O)C(=O)C[C@@H](C(C)C)C(=O)N(C)[C@@H](Cc2ccccc2)C(=O)N[C@@H](Cc2ccc(O)cc2)C(=O)N(C)CC(=O)N[C@@H](Cc2c[nH]c3ccccc23)C(=O)C[C@@H](Cc2ccc(O)cc2)C(=O)N[C@@H](CCCCN)C(=O)N[C@H](C(=O)CCC(N)=O)CSCC(=O)N[C@@H](Cc2ccccc2)C(=O)N(C)[C@@H](Cc2ccccc2)C(=O)N1C. The molecule has 7 aromatic rings. The number of carbonyl (C=O) groups excluding carboxylic acids is 16. The molecule has 1 aliphatic rings. The van der Waals surface area contributed by atoms with Crippen molar-refractivity contribution in [2.24, 2.45) is 35.1 Å². The Balaban J connectivity index is 1.21. The number of aromatic nitrogens is 1. The van der Waals surface area contributed by atoms with Crippen LogP contribution in [-0.2, 0) is 120 Å². The van der Waals surface area contributed by atoms with Crippen molar-refractivity contribution in [3.8, 4) is 11.5 Å². The molecule has 11 atom stereocenters. The summed E-state index contributed by atoms with van der Waals surface area (Å²) in [6.45, 7) is 3.54. The fourth-order valence-corrected chi connectivity index (χ4v) is 16.8. The lowest BCUT2D eigenvalue weighted by atomic mass is 9.84. The molecule has 1 fully saturated rings. The number of amides is 11. The highest BCUT2D eigenvalue weighted by molar-refractivity contribution is 8.00. The zero-order chi connectivity index (χ0) is 94.7. The van der Waals surface area contributed by atoms with Crippen molar-refractivity contribution in [1.29, 1.82) is 0 Å². The number of aromatic hydroxyl groups is 2. The van der Waals surface area contributed by atoms with Gasteiger partial charge in [0.25, 0.3) is 6.47 Å². The summed E-state index contributed by atoms with van der Waals surface area (Å²) in [7, 11) is 6.83. The van der Waals surface area contributed by atoms with Crippen LogP contribution >= 0.6 is 11.8 Å². The lowest BCUT2D eigenvalue weighted by Gasteiger charge is -2.37. The Morgan fingerprint density at radius 2 is 1.02 bits per heavy atom. The summed E-state index contributed by atoms with van der Waals surface area (Å²) in [4.78, 5) is 245. The molecule has 0 radical (unpaired) electrons. The highest BCUT2D eigenvalue weighted by Gasteiger charge is 2.42. The highest BCUT2D eigenvalue weighted by atomic mass is 32.2. The number of benzene rings is 6. The molecule has 1 aliphatic heterocycles. The number of nitrogens with two attached hydrogens (primary N) is 2. The second kappa shape index (κ2) is 51.3. The number of hydrogen-bond acceptors (Lipinski definition) is 21. The van der Waals surface area contributed by atoms with Crippen LogP contribution in [0.2, 0.25) is 0 Å². The van der Waals surface area contributed by atoms with Gasteiger partial charge in [-0.05, 0) is 108 Å². The number of phenolic OH excluding ortho intramolecular Hbond substituents is 2. The molecule has 696 valence electrons. The fraction of sp³-hybridized carbons (Fsp3) is 0.443. The minimum Gasteiger partial charge on any atom is -0.508 e. The minimum absolute atomic E-state index is 0.0661. The first-order chi connectivity index (χ1) is 62.2. The summed E-state index contributed by atoms with van der Waals surface area (Å²) in [5.41, 5.74) is 15.5. The number of phenols is 2. The maximum absolute atomic E-state index is 15.6. The standard InChI is InChI=1S/C97H123N13O19S/c1-9-10-33-81-96(127)106(4)55-72(114)50-69(57-129-60-111)85(116)53-74(61(2)3)93(124)109(7)82(48-63-26-16-12-17-27-63)92(123)104-78(47-66-36-40-71(113)41-37-66)94(125)107(5)56-88(119)101-77(51-68-54-100-75-31-21-20-30-73(68)75)86(117)52-67(45-65-34-38-70(112)39-35-65)90(121)103-76(32-22-23-44-98)91(122)105-80(84(115)42-43-87(99)118)58-130-59-89(120)102-79(46-62-24-14-11-15-25-62)95(126)110(8)83(97(128)108(81)6)49-64-28-18-13-19-29-64/h11-21,24-31,34-41,54,60-61,67,69,74,76-83,100,112-113H,9-10,22-23,32-33,42-53,55-59,98H2,1-8H3,(H2,99,118)(H,101,119)(H,102,120)(H,103,121)(H,104,123)(H,105,122)/t67-,69+,74+,76+,77+,78+,79+,80+,81+,82+,83+/m1/s1. The number of nitrogens with one attached hydrogen (secondary N) is 6. The topological polar surface area (TPSA) is 467 Å². The van der Waals surface area contributed by atoms with Gasteiger partial charge in [0.15, 0.2) is 17.3 Å². The van der Waals surface area contributed by atoms with Gasteiger partial charge in [-0.3, -0.25) is 76.7 Å². The molecule has 0 aliphatic carbocycles. The molecule has 0 spiro atoms. The molecular weight excluding hydrogens is 1680 g/mol. The summed E-state index contributed by atoms with van der Waals surface area (Å²) in [5, 5.41) is 35.6. The summed E-state index contributed by atoms with van der Waals surface area (Å²) in [5.74, 6) is -16.9. The van der Waals surface area contributed by atoms with E-state index in [1.165, 1.54) is 98.5 Å². The number of aromatic amines is 1. The van der Waals surface area contributed by atoms with E-state index >= 15 is 43.2 Å². The number of H-pyrrole nitrogens is 1. The fourth-order valence-electron chi connectivity index (χ4n) is 15.9. The molecule has 8 rings (SSSR count). The number of para-hydroxylation sites is 1. The first-order valence-corrected chi connectivity index (χ1v) is 45.1. The van der Waals surface area contributed by atoms with Gasteiger partial charge in [-0.2, -0.15) is 0 Å². The maximum atomic E-state index is 15.6. The van der Waals surface area contributed by atoms with Gasteiger partial charge in [0, 0.05) is 134 Å². The number of nitrogens with zero attached hydrogens (tertiary/aromatic N) is 5. The largest absolute Gasteiger partial charge is 0.508 e. The van der Waals surface area contributed by atoms with Crippen LogP contribution in [0, 0.1) is 23.7 Å². The van der Waals surface area contributed by atoms with Crippen LogP contribution in [0.4, 0.5) is 0 Å². The number of ketones is 4. The number of Topliss-reactive ketones (excluding diaryl/α,β-unsaturated/α-hetero) is 4. The first kappa shape index (κ1) is 102. The summed E-state index contributed by atoms with van der Waals surface area (Å²) in [6.07, 6.45) is -0.323. The molecular formula is C97H123N13O19S.